The number of hydrogen-bond donors (Lipinski definition) is 1. The van der Waals surface area contributed by atoms with E-state index in [4.69, 9.17) is 34.8 Å². The van der Waals surface area contributed by atoms with Gasteiger partial charge in [0.05, 0.1) is 21.5 Å². The minimum atomic E-state index is -0.256. The van der Waals surface area contributed by atoms with Gasteiger partial charge in [0.15, 0.2) is 10.8 Å². The predicted molar refractivity (Wildman–Crippen MR) is 93.8 cm³/mol. The van der Waals surface area contributed by atoms with Crippen LogP contribution in [0, 0.1) is 0 Å². The highest BCUT2D eigenvalue weighted by molar-refractivity contribution is 7.99. The Bertz CT molecular complexity index is 860. The van der Waals surface area contributed by atoms with Gasteiger partial charge in [-0.3, -0.25) is 9.20 Å². The van der Waals surface area contributed by atoms with Crippen molar-refractivity contribution in [2.45, 2.75) is 5.16 Å². The molecule has 1 aromatic carbocycles. The minimum absolute atomic E-state index is 0.144. The van der Waals surface area contributed by atoms with E-state index in [1.54, 1.807) is 4.40 Å². The number of benzene rings is 1. The highest BCUT2D eigenvalue weighted by atomic mass is 35.5. The highest BCUT2D eigenvalue weighted by Crippen LogP contribution is 2.33. The Morgan fingerprint density at radius 2 is 1.91 bits per heavy atom. The van der Waals surface area contributed by atoms with Crippen LogP contribution in [0.25, 0.3) is 5.65 Å². The summed E-state index contributed by atoms with van der Waals surface area (Å²) in [6, 6.07) is 8.61. The number of anilines is 1. The molecule has 0 spiro atoms. The lowest BCUT2D eigenvalue weighted by atomic mass is 10.3. The first kappa shape index (κ1) is 16.4. The Balaban J connectivity index is 1.69. The molecular formula is C14H9Cl3N4OS. The van der Waals surface area contributed by atoms with Crippen molar-refractivity contribution in [2.24, 2.45) is 0 Å². The molecule has 0 unspecified atom stereocenters. The van der Waals surface area contributed by atoms with E-state index < -0.39 is 0 Å². The Hall–Kier alpha value is -1.47. The number of hydrogen-bond acceptors (Lipinski definition) is 4. The predicted octanol–water partition coefficient (Wildman–Crippen LogP) is 4.42. The molecule has 1 amide bonds. The molecule has 2 aromatic heterocycles. The summed E-state index contributed by atoms with van der Waals surface area (Å²) in [5.41, 5.74) is 1.06. The lowest BCUT2D eigenvalue weighted by Crippen LogP contribution is -2.15. The van der Waals surface area contributed by atoms with Gasteiger partial charge in [0.1, 0.15) is 0 Å². The monoisotopic (exact) mass is 386 g/mol. The van der Waals surface area contributed by atoms with Crippen LogP contribution in [-0.2, 0) is 4.79 Å². The number of nitrogens with one attached hydrogen (secondary N) is 1. The zero-order valence-corrected chi connectivity index (χ0v) is 14.5. The van der Waals surface area contributed by atoms with Crippen LogP contribution < -0.4 is 5.32 Å². The first-order chi connectivity index (χ1) is 11.0. The van der Waals surface area contributed by atoms with Gasteiger partial charge in [0, 0.05) is 11.2 Å². The van der Waals surface area contributed by atoms with Gasteiger partial charge in [-0.05, 0) is 24.3 Å². The van der Waals surface area contributed by atoms with Crippen LogP contribution in [-0.4, -0.2) is 26.3 Å². The zero-order chi connectivity index (χ0) is 16.4. The van der Waals surface area contributed by atoms with Crippen molar-refractivity contribution in [3.63, 3.8) is 0 Å². The summed E-state index contributed by atoms with van der Waals surface area (Å²) in [6.07, 6.45) is 1.84. The van der Waals surface area contributed by atoms with E-state index in [-0.39, 0.29) is 21.7 Å². The lowest BCUT2D eigenvalue weighted by molar-refractivity contribution is -0.113. The Morgan fingerprint density at radius 3 is 2.65 bits per heavy atom. The fourth-order valence-corrected chi connectivity index (χ4v) is 3.52. The third-order valence-electron chi connectivity index (χ3n) is 2.89. The van der Waals surface area contributed by atoms with Crippen LogP contribution in [0.1, 0.15) is 0 Å². The second-order valence-electron chi connectivity index (χ2n) is 4.49. The number of carbonyl (C=O) groups excluding carboxylic acids is 1. The molecule has 2 heterocycles. The third kappa shape index (κ3) is 3.72. The fourth-order valence-electron chi connectivity index (χ4n) is 1.89. The van der Waals surface area contributed by atoms with Crippen LogP contribution in [0.3, 0.4) is 0 Å². The van der Waals surface area contributed by atoms with Crippen LogP contribution in [0.2, 0.25) is 15.1 Å². The quantitative estimate of drug-likeness (QED) is 0.673. The molecule has 0 radical (unpaired) electrons. The molecule has 3 rings (SSSR count). The molecule has 23 heavy (non-hydrogen) atoms. The summed E-state index contributed by atoms with van der Waals surface area (Å²) in [5, 5.41) is 12.4. The number of fused-ring (bicyclic) bond motifs is 1. The average molecular weight is 388 g/mol. The van der Waals surface area contributed by atoms with Crippen molar-refractivity contribution in [1.82, 2.24) is 14.6 Å². The Kier molecular flexibility index (Phi) is 4.96. The molecule has 0 saturated carbocycles. The maximum atomic E-state index is 12.1. The molecule has 0 atom stereocenters. The van der Waals surface area contributed by atoms with Gasteiger partial charge < -0.3 is 5.32 Å². The van der Waals surface area contributed by atoms with Crippen molar-refractivity contribution < 1.29 is 4.79 Å². The van der Waals surface area contributed by atoms with Crippen molar-refractivity contribution in [2.75, 3.05) is 11.1 Å². The van der Waals surface area contributed by atoms with Crippen molar-refractivity contribution in [3.05, 3.63) is 51.6 Å². The maximum absolute atomic E-state index is 12.1. The second-order valence-corrected chi connectivity index (χ2v) is 6.69. The molecule has 0 aliphatic heterocycles. The van der Waals surface area contributed by atoms with Crippen molar-refractivity contribution in [3.8, 4) is 0 Å². The van der Waals surface area contributed by atoms with Gasteiger partial charge in [0.2, 0.25) is 5.91 Å². The van der Waals surface area contributed by atoms with Crippen molar-refractivity contribution >= 4 is 63.8 Å². The van der Waals surface area contributed by atoms with E-state index in [2.05, 4.69) is 15.5 Å². The van der Waals surface area contributed by atoms with Gasteiger partial charge in [-0.25, -0.2) is 0 Å². The van der Waals surface area contributed by atoms with Gasteiger partial charge >= 0.3 is 0 Å². The molecule has 0 bridgehead atoms. The van der Waals surface area contributed by atoms with Crippen LogP contribution in [0.4, 0.5) is 5.69 Å². The van der Waals surface area contributed by atoms with Gasteiger partial charge in [-0.2, -0.15) is 0 Å². The van der Waals surface area contributed by atoms with Crippen LogP contribution in [0.5, 0.6) is 0 Å². The number of pyridine rings is 1. The lowest BCUT2D eigenvalue weighted by Gasteiger charge is -2.09. The maximum Gasteiger partial charge on any atom is 0.234 e. The number of nitrogens with zero attached hydrogens (tertiary/aromatic N) is 3. The number of thioether (sulfide) groups is 1. The van der Waals surface area contributed by atoms with E-state index in [9.17, 15) is 4.79 Å². The van der Waals surface area contributed by atoms with Gasteiger partial charge in [-0.1, -0.05) is 52.6 Å². The molecule has 9 heteroatoms. The molecular weight excluding hydrogens is 379 g/mol. The molecule has 0 fully saturated rings. The molecule has 0 aliphatic rings. The normalized spacial score (nSPS) is 10.9. The minimum Gasteiger partial charge on any atom is -0.323 e. The molecule has 0 saturated heterocycles. The number of rotatable bonds is 4. The zero-order valence-electron chi connectivity index (χ0n) is 11.5. The van der Waals surface area contributed by atoms with Gasteiger partial charge in [-0.15, -0.1) is 10.2 Å². The van der Waals surface area contributed by atoms with E-state index in [0.717, 1.165) is 5.65 Å². The van der Waals surface area contributed by atoms with Crippen LogP contribution in [0.15, 0.2) is 41.7 Å². The Morgan fingerprint density at radius 1 is 1.17 bits per heavy atom. The smallest absolute Gasteiger partial charge is 0.234 e. The number of aromatic nitrogens is 3. The Labute approximate surface area is 150 Å². The fraction of sp³-hybridized carbons (Fsp3) is 0.0714. The summed E-state index contributed by atoms with van der Waals surface area (Å²) in [4.78, 5) is 12.1. The number of halogens is 3. The topological polar surface area (TPSA) is 59.3 Å². The summed E-state index contributed by atoms with van der Waals surface area (Å²) in [7, 11) is 0. The van der Waals surface area contributed by atoms with Crippen LogP contribution >= 0.6 is 46.6 Å². The van der Waals surface area contributed by atoms with Crippen molar-refractivity contribution in [1.29, 1.82) is 0 Å². The second kappa shape index (κ2) is 6.97. The standard InChI is InChI=1S/C14H9Cl3N4OS/c15-8-5-9(16)13(10(17)6-8)18-12(22)7-23-14-20-19-11-3-1-2-4-21(11)14/h1-6H,7H2,(H,18,22). The highest BCUT2D eigenvalue weighted by Gasteiger charge is 2.13. The first-order valence-electron chi connectivity index (χ1n) is 6.41. The van der Waals surface area contributed by atoms with E-state index in [0.29, 0.717) is 15.9 Å². The van der Waals surface area contributed by atoms with E-state index in [1.165, 1.54) is 23.9 Å². The molecule has 5 nitrogen and oxygen atoms in total. The molecule has 1 N–H and O–H groups in total. The number of carbonyl (C=O) groups is 1. The van der Waals surface area contributed by atoms with E-state index in [1.807, 2.05) is 24.4 Å². The summed E-state index contributed by atoms with van der Waals surface area (Å²) < 4.78 is 1.81. The van der Waals surface area contributed by atoms with E-state index >= 15 is 0 Å². The van der Waals surface area contributed by atoms with Gasteiger partial charge in [0.25, 0.3) is 0 Å². The summed E-state index contributed by atoms with van der Waals surface area (Å²) in [5.74, 6) is -0.112. The summed E-state index contributed by atoms with van der Waals surface area (Å²) >= 11 is 19.2. The largest absolute Gasteiger partial charge is 0.323 e. The molecule has 0 aliphatic carbocycles. The number of amides is 1. The SMILES string of the molecule is O=C(CSc1nnc2ccccn12)Nc1c(Cl)cc(Cl)cc1Cl. The first-order valence-corrected chi connectivity index (χ1v) is 8.53. The third-order valence-corrected chi connectivity index (χ3v) is 4.64. The molecule has 3 aromatic rings. The summed E-state index contributed by atoms with van der Waals surface area (Å²) in [6.45, 7) is 0. The molecule has 118 valence electrons. The average Bonchev–Trinajstić information content (AvgIpc) is 2.92.